The zero-order chi connectivity index (χ0) is 19.0. The molecule has 2 aromatic carbocycles. The second-order valence-corrected chi connectivity index (χ2v) is 6.13. The number of ether oxygens (including phenoxy) is 2. The monoisotopic (exact) mass is 364 g/mol. The van der Waals surface area contributed by atoms with Crippen molar-refractivity contribution >= 4 is 28.1 Å². The third kappa shape index (κ3) is 2.87. The molecular weight excluding hydrogens is 344 g/mol. The topological polar surface area (TPSA) is 94.5 Å². The van der Waals surface area contributed by atoms with Crippen molar-refractivity contribution in [1.29, 1.82) is 5.41 Å². The summed E-state index contributed by atoms with van der Waals surface area (Å²) in [6, 6.07) is 13.0. The van der Waals surface area contributed by atoms with Crippen molar-refractivity contribution in [2.24, 2.45) is 0 Å². The van der Waals surface area contributed by atoms with Crippen molar-refractivity contribution in [2.75, 3.05) is 25.2 Å². The fourth-order valence-electron chi connectivity index (χ4n) is 3.23. The number of rotatable bonds is 5. The summed E-state index contributed by atoms with van der Waals surface area (Å²) in [5.74, 6) is 2.11. The van der Waals surface area contributed by atoms with Crippen LogP contribution in [0.4, 0.5) is 5.69 Å². The SMILES string of the molecule is CCOc1ccccc1N1CC(O)=C(c2nc3ccc(OC)cc3[nH]2)C1=N. The fraction of sp³-hybridized carbons (Fsp3) is 0.200. The molecular formula is C20H20N4O3. The standard InChI is InChI=1S/C20H20N4O3/c1-3-27-17-7-5-4-6-15(17)24-11-16(25)18(19(24)21)20-22-13-9-8-12(26-2)10-14(13)23-20/h4-10,21,25H,3,11H2,1-2H3,(H,22,23). The number of aromatic nitrogens is 2. The second kappa shape index (κ2) is 6.68. The van der Waals surface area contributed by atoms with E-state index >= 15 is 0 Å². The fourth-order valence-corrected chi connectivity index (χ4v) is 3.23. The number of imidazole rings is 1. The van der Waals surface area contributed by atoms with Crippen molar-refractivity contribution in [3.63, 3.8) is 0 Å². The lowest BCUT2D eigenvalue weighted by Gasteiger charge is -2.21. The van der Waals surface area contributed by atoms with Crippen LogP contribution < -0.4 is 14.4 Å². The number of amidine groups is 1. The number of para-hydroxylation sites is 2. The summed E-state index contributed by atoms with van der Waals surface area (Å²) in [5.41, 5.74) is 2.65. The molecule has 0 aliphatic carbocycles. The van der Waals surface area contributed by atoms with E-state index in [-0.39, 0.29) is 18.1 Å². The third-order valence-electron chi connectivity index (χ3n) is 4.48. The van der Waals surface area contributed by atoms with Gasteiger partial charge in [-0.05, 0) is 31.2 Å². The van der Waals surface area contributed by atoms with E-state index in [0.29, 0.717) is 29.5 Å². The summed E-state index contributed by atoms with van der Waals surface area (Å²) in [6.07, 6.45) is 0. The van der Waals surface area contributed by atoms with E-state index in [4.69, 9.17) is 14.9 Å². The van der Waals surface area contributed by atoms with Crippen LogP contribution in [0.15, 0.2) is 48.2 Å². The van der Waals surface area contributed by atoms with E-state index in [1.165, 1.54) is 0 Å². The number of aliphatic hydroxyl groups is 1. The smallest absolute Gasteiger partial charge is 0.145 e. The zero-order valence-electron chi connectivity index (χ0n) is 15.1. The molecule has 1 aromatic heterocycles. The van der Waals surface area contributed by atoms with Crippen LogP contribution in [0.3, 0.4) is 0 Å². The molecule has 1 aliphatic heterocycles. The largest absolute Gasteiger partial charge is 0.509 e. The average molecular weight is 364 g/mol. The Labute approximate surface area is 156 Å². The summed E-state index contributed by atoms with van der Waals surface area (Å²) in [4.78, 5) is 9.42. The lowest BCUT2D eigenvalue weighted by atomic mass is 10.2. The molecule has 0 radical (unpaired) electrons. The number of nitrogens with zero attached hydrogens (tertiary/aromatic N) is 2. The molecule has 0 bridgehead atoms. The summed E-state index contributed by atoms with van der Waals surface area (Å²) in [6.45, 7) is 2.63. The number of aromatic amines is 1. The second-order valence-electron chi connectivity index (χ2n) is 6.13. The van der Waals surface area contributed by atoms with Gasteiger partial charge in [0, 0.05) is 6.07 Å². The van der Waals surface area contributed by atoms with Crippen LogP contribution in [-0.4, -0.2) is 41.2 Å². The summed E-state index contributed by atoms with van der Waals surface area (Å²) in [7, 11) is 1.60. The maximum atomic E-state index is 10.6. The minimum Gasteiger partial charge on any atom is -0.509 e. The third-order valence-corrected chi connectivity index (χ3v) is 4.48. The lowest BCUT2D eigenvalue weighted by molar-refractivity contribution is 0.341. The molecule has 4 rings (SSSR count). The highest BCUT2D eigenvalue weighted by Crippen LogP contribution is 2.36. The van der Waals surface area contributed by atoms with Crippen LogP contribution in [0.5, 0.6) is 11.5 Å². The molecule has 0 unspecified atom stereocenters. The number of H-pyrrole nitrogens is 1. The van der Waals surface area contributed by atoms with E-state index in [9.17, 15) is 5.11 Å². The molecule has 7 heteroatoms. The number of hydrogen-bond acceptors (Lipinski definition) is 5. The minimum absolute atomic E-state index is 0.0947. The number of benzene rings is 2. The Bertz CT molecular complexity index is 1050. The summed E-state index contributed by atoms with van der Waals surface area (Å²) in [5, 5.41) is 19.2. The molecule has 0 amide bonds. The van der Waals surface area contributed by atoms with Crippen LogP contribution in [-0.2, 0) is 0 Å². The molecule has 0 saturated heterocycles. The average Bonchev–Trinajstić information content (AvgIpc) is 3.21. The first kappa shape index (κ1) is 17.0. The Morgan fingerprint density at radius 3 is 2.85 bits per heavy atom. The minimum atomic E-state index is 0.0947. The van der Waals surface area contributed by atoms with Crippen molar-refractivity contribution in [2.45, 2.75) is 6.92 Å². The Balaban J connectivity index is 1.71. The Morgan fingerprint density at radius 1 is 1.26 bits per heavy atom. The Kier molecular flexibility index (Phi) is 4.19. The summed E-state index contributed by atoms with van der Waals surface area (Å²) < 4.78 is 10.9. The molecule has 0 spiro atoms. The van der Waals surface area contributed by atoms with Gasteiger partial charge in [-0.3, -0.25) is 5.41 Å². The maximum absolute atomic E-state index is 10.6. The van der Waals surface area contributed by atoms with Crippen LogP contribution in [0.1, 0.15) is 12.7 Å². The highest BCUT2D eigenvalue weighted by atomic mass is 16.5. The van der Waals surface area contributed by atoms with E-state index < -0.39 is 0 Å². The summed E-state index contributed by atoms with van der Waals surface area (Å²) >= 11 is 0. The zero-order valence-corrected chi connectivity index (χ0v) is 15.1. The van der Waals surface area contributed by atoms with E-state index in [1.54, 1.807) is 12.0 Å². The van der Waals surface area contributed by atoms with Gasteiger partial charge in [-0.15, -0.1) is 0 Å². The molecule has 2 heterocycles. The van der Waals surface area contributed by atoms with E-state index in [1.807, 2.05) is 49.4 Å². The molecule has 1 aliphatic rings. The molecule has 7 nitrogen and oxygen atoms in total. The van der Waals surface area contributed by atoms with Crippen LogP contribution in [0.2, 0.25) is 0 Å². The van der Waals surface area contributed by atoms with E-state index in [0.717, 1.165) is 16.7 Å². The van der Waals surface area contributed by atoms with Gasteiger partial charge in [0.1, 0.15) is 28.9 Å². The van der Waals surface area contributed by atoms with Gasteiger partial charge in [0.2, 0.25) is 0 Å². The first-order valence-corrected chi connectivity index (χ1v) is 8.67. The predicted octanol–water partition coefficient (Wildman–Crippen LogP) is 3.74. The highest BCUT2D eigenvalue weighted by Gasteiger charge is 2.32. The number of anilines is 1. The molecule has 0 fully saturated rings. The quantitative estimate of drug-likeness (QED) is 0.641. The van der Waals surface area contributed by atoms with Gasteiger partial charge in [0.15, 0.2) is 0 Å². The first-order valence-electron chi connectivity index (χ1n) is 8.67. The molecule has 3 N–H and O–H groups in total. The first-order chi connectivity index (χ1) is 13.1. The Hall–Kier alpha value is -3.48. The van der Waals surface area contributed by atoms with Gasteiger partial charge in [-0.1, -0.05) is 12.1 Å². The van der Waals surface area contributed by atoms with Crippen LogP contribution in [0, 0.1) is 5.41 Å². The number of aliphatic hydroxyl groups excluding tert-OH is 1. The van der Waals surface area contributed by atoms with Gasteiger partial charge in [0.25, 0.3) is 0 Å². The van der Waals surface area contributed by atoms with Crippen LogP contribution in [0.25, 0.3) is 16.6 Å². The number of nitrogens with one attached hydrogen (secondary N) is 2. The van der Waals surface area contributed by atoms with Crippen molar-refractivity contribution in [3.05, 3.63) is 54.0 Å². The van der Waals surface area contributed by atoms with Crippen molar-refractivity contribution in [1.82, 2.24) is 9.97 Å². The van der Waals surface area contributed by atoms with Gasteiger partial charge < -0.3 is 24.5 Å². The molecule has 0 atom stereocenters. The molecule has 27 heavy (non-hydrogen) atoms. The number of fused-ring (bicyclic) bond motifs is 1. The van der Waals surface area contributed by atoms with Gasteiger partial charge in [-0.25, -0.2) is 4.98 Å². The molecule has 0 saturated carbocycles. The maximum Gasteiger partial charge on any atom is 0.145 e. The normalized spacial score (nSPS) is 14.3. The Morgan fingerprint density at radius 2 is 2.07 bits per heavy atom. The predicted molar refractivity (Wildman–Crippen MR) is 105 cm³/mol. The lowest BCUT2D eigenvalue weighted by Crippen LogP contribution is -2.26. The van der Waals surface area contributed by atoms with Gasteiger partial charge >= 0.3 is 0 Å². The molecule has 138 valence electrons. The van der Waals surface area contributed by atoms with Crippen molar-refractivity contribution < 1.29 is 14.6 Å². The number of hydrogen-bond donors (Lipinski definition) is 3. The van der Waals surface area contributed by atoms with Crippen LogP contribution >= 0.6 is 0 Å². The van der Waals surface area contributed by atoms with Gasteiger partial charge in [-0.2, -0.15) is 0 Å². The van der Waals surface area contributed by atoms with Crippen molar-refractivity contribution in [3.8, 4) is 11.5 Å². The van der Waals surface area contributed by atoms with E-state index in [2.05, 4.69) is 9.97 Å². The van der Waals surface area contributed by atoms with Gasteiger partial charge in [0.05, 0.1) is 42.6 Å². The number of methoxy groups -OCH3 is 1. The highest BCUT2D eigenvalue weighted by molar-refractivity contribution is 6.30. The molecule has 3 aromatic rings.